The van der Waals surface area contributed by atoms with E-state index in [9.17, 15) is 9.90 Å². The lowest BCUT2D eigenvalue weighted by Gasteiger charge is -2.06. The Morgan fingerprint density at radius 3 is 1.38 bits per heavy atom. The van der Waals surface area contributed by atoms with Gasteiger partial charge in [0.25, 0.3) is 0 Å². The van der Waals surface area contributed by atoms with Gasteiger partial charge < -0.3 is 9.90 Å². The van der Waals surface area contributed by atoms with Gasteiger partial charge in [-0.15, -0.1) is 0 Å². The summed E-state index contributed by atoms with van der Waals surface area (Å²) in [6.45, 7) is 4.07. The Balaban J connectivity index is 3.04. The van der Waals surface area contributed by atoms with E-state index < -0.39 is 5.97 Å². The molecular weight excluding hydrogens is 315 g/mol. The topological polar surface area (TPSA) is 40.1 Å². The SMILES string of the molecule is CCCCCCCCCCCCCCCCCC[PH2+]C(C)C(=O)[O-]. The van der Waals surface area contributed by atoms with E-state index in [1.54, 1.807) is 6.92 Å². The van der Waals surface area contributed by atoms with Gasteiger partial charge in [-0.2, -0.15) is 0 Å². The molecule has 0 spiro atoms. The Bertz CT molecular complexity index is 269. The second-order valence-corrected chi connectivity index (χ2v) is 9.48. The van der Waals surface area contributed by atoms with Crippen LogP contribution in [0.1, 0.15) is 117 Å². The van der Waals surface area contributed by atoms with E-state index in [1.807, 2.05) is 0 Å². The molecule has 144 valence electrons. The normalized spacial score (nSPS) is 12.9. The number of unbranched alkanes of at least 4 members (excludes halogenated alkanes) is 15. The predicted octanol–water partition coefficient (Wildman–Crippen LogP) is 5.80. The van der Waals surface area contributed by atoms with Crippen LogP contribution in [0, 0.1) is 0 Å². The third-order valence-electron chi connectivity index (χ3n) is 4.95. The first-order valence-electron chi connectivity index (χ1n) is 10.7. The Labute approximate surface area is 153 Å². The Hall–Kier alpha value is -0.100. The summed E-state index contributed by atoms with van der Waals surface area (Å²) in [6, 6.07) is 0. The molecule has 0 saturated carbocycles. The van der Waals surface area contributed by atoms with Crippen LogP contribution in [0.4, 0.5) is 0 Å². The fourth-order valence-corrected chi connectivity index (χ4v) is 4.37. The van der Waals surface area contributed by atoms with Crippen LogP contribution < -0.4 is 5.11 Å². The van der Waals surface area contributed by atoms with Crippen molar-refractivity contribution in [2.45, 2.75) is 122 Å². The number of carbonyl (C=O) groups excluding carboxylic acids is 1. The molecule has 24 heavy (non-hydrogen) atoms. The smallest absolute Gasteiger partial charge is 0.101 e. The monoisotopic (exact) mass is 358 g/mol. The van der Waals surface area contributed by atoms with Gasteiger partial charge in [0.05, 0.1) is 12.1 Å². The van der Waals surface area contributed by atoms with Gasteiger partial charge in [-0.05, 0) is 28.3 Å². The first-order chi connectivity index (χ1) is 11.7. The van der Waals surface area contributed by atoms with Gasteiger partial charge in [0, 0.05) is 0 Å². The van der Waals surface area contributed by atoms with E-state index >= 15 is 0 Å². The number of hydrogen-bond acceptors (Lipinski definition) is 2. The van der Waals surface area contributed by atoms with Crippen LogP contribution in [-0.2, 0) is 4.79 Å². The highest BCUT2D eigenvalue weighted by atomic mass is 31.1. The second-order valence-electron chi connectivity index (χ2n) is 7.44. The third kappa shape index (κ3) is 18.2. The Morgan fingerprint density at radius 1 is 0.708 bits per heavy atom. The molecule has 0 amide bonds. The van der Waals surface area contributed by atoms with Crippen LogP contribution in [0.2, 0.25) is 0 Å². The molecule has 0 fully saturated rings. The molecule has 0 radical (unpaired) electrons. The summed E-state index contributed by atoms with van der Waals surface area (Å²) >= 11 is 0. The summed E-state index contributed by atoms with van der Waals surface area (Å²) in [4.78, 5) is 10.6. The zero-order valence-corrected chi connectivity index (χ0v) is 17.6. The van der Waals surface area contributed by atoms with Crippen LogP contribution in [0.25, 0.3) is 0 Å². The van der Waals surface area contributed by atoms with Crippen molar-refractivity contribution in [3.63, 3.8) is 0 Å². The van der Waals surface area contributed by atoms with Gasteiger partial charge in [-0.3, -0.25) is 0 Å². The summed E-state index contributed by atoms with van der Waals surface area (Å²) in [7, 11) is 0.0484. The summed E-state index contributed by atoms with van der Waals surface area (Å²) in [6.07, 6.45) is 23.4. The van der Waals surface area contributed by atoms with E-state index in [-0.39, 0.29) is 14.2 Å². The molecule has 0 N–H and O–H groups in total. The first kappa shape index (κ1) is 23.9. The van der Waals surface area contributed by atoms with E-state index in [1.165, 1.54) is 103 Å². The minimum absolute atomic E-state index is 0.0484. The number of carboxylic acids is 1. The Kier molecular flexibility index (Phi) is 19.1. The number of hydrogen-bond donors (Lipinski definition) is 0. The fraction of sp³-hybridized carbons (Fsp3) is 0.952. The van der Waals surface area contributed by atoms with E-state index in [0.717, 1.165) is 6.16 Å². The minimum atomic E-state index is -0.860. The average Bonchev–Trinajstić information content (AvgIpc) is 2.57. The van der Waals surface area contributed by atoms with Crippen molar-refractivity contribution in [1.82, 2.24) is 0 Å². The van der Waals surface area contributed by atoms with Crippen molar-refractivity contribution in [3.8, 4) is 0 Å². The fourth-order valence-electron chi connectivity index (χ4n) is 3.16. The summed E-state index contributed by atoms with van der Waals surface area (Å²) < 4.78 is 0. The van der Waals surface area contributed by atoms with Gasteiger partial charge in [0.2, 0.25) is 0 Å². The Morgan fingerprint density at radius 2 is 1.04 bits per heavy atom. The highest BCUT2D eigenvalue weighted by molar-refractivity contribution is 7.40. The highest BCUT2D eigenvalue weighted by Gasteiger charge is 2.07. The van der Waals surface area contributed by atoms with Gasteiger partial charge in [0.1, 0.15) is 5.66 Å². The molecular formula is C21H43O2P. The quantitative estimate of drug-likeness (QED) is 0.216. The maximum Gasteiger partial charge on any atom is 0.101 e. The van der Waals surface area contributed by atoms with Crippen molar-refractivity contribution in [1.29, 1.82) is 0 Å². The number of aliphatic carboxylic acids is 1. The van der Waals surface area contributed by atoms with Crippen molar-refractivity contribution in [2.75, 3.05) is 6.16 Å². The van der Waals surface area contributed by atoms with Gasteiger partial charge in [0.15, 0.2) is 0 Å². The minimum Gasteiger partial charge on any atom is -0.546 e. The molecule has 0 aromatic heterocycles. The molecule has 0 aromatic rings. The molecule has 3 heteroatoms. The molecule has 0 aliphatic carbocycles. The lowest BCUT2D eigenvalue weighted by Crippen LogP contribution is -2.30. The molecule has 2 nitrogen and oxygen atoms in total. The summed E-state index contributed by atoms with van der Waals surface area (Å²) in [5.41, 5.74) is -0.193. The van der Waals surface area contributed by atoms with Crippen molar-refractivity contribution in [3.05, 3.63) is 0 Å². The molecule has 2 unspecified atom stereocenters. The molecule has 0 aliphatic rings. The number of carbonyl (C=O) groups is 1. The second kappa shape index (κ2) is 19.2. The molecule has 0 saturated heterocycles. The average molecular weight is 359 g/mol. The van der Waals surface area contributed by atoms with Crippen LogP contribution in [0.3, 0.4) is 0 Å². The maximum atomic E-state index is 10.6. The lowest BCUT2D eigenvalue weighted by molar-refractivity contribution is -0.304. The molecule has 0 aliphatic heterocycles. The van der Waals surface area contributed by atoms with E-state index in [2.05, 4.69) is 6.92 Å². The van der Waals surface area contributed by atoms with Gasteiger partial charge in [-0.25, -0.2) is 0 Å². The highest BCUT2D eigenvalue weighted by Crippen LogP contribution is 2.21. The van der Waals surface area contributed by atoms with Gasteiger partial charge in [-0.1, -0.05) is 96.8 Å². The van der Waals surface area contributed by atoms with Crippen LogP contribution in [-0.4, -0.2) is 17.8 Å². The zero-order chi connectivity index (χ0) is 17.9. The standard InChI is InChI=1S/C21H43O2P/c1-3-4-5-6-7-8-9-10-11-12-13-14-15-16-17-18-19-24-20(2)21(22)23/h20,24H,3-19H2,1-2H3,(H,22,23). The maximum absolute atomic E-state index is 10.6. The largest absolute Gasteiger partial charge is 0.546 e. The predicted molar refractivity (Wildman–Crippen MR) is 109 cm³/mol. The van der Waals surface area contributed by atoms with E-state index in [4.69, 9.17) is 0 Å². The summed E-state index contributed by atoms with van der Waals surface area (Å²) in [5, 5.41) is 10.6. The molecule has 0 aromatic carbocycles. The number of carboxylic acid groups (broad SMARTS) is 1. The van der Waals surface area contributed by atoms with Crippen LogP contribution in [0.15, 0.2) is 0 Å². The molecule has 2 atom stereocenters. The van der Waals surface area contributed by atoms with E-state index in [0.29, 0.717) is 0 Å². The van der Waals surface area contributed by atoms with Crippen LogP contribution >= 0.6 is 8.58 Å². The molecule has 0 heterocycles. The molecule has 0 bridgehead atoms. The van der Waals surface area contributed by atoms with Crippen LogP contribution in [0.5, 0.6) is 0 Å². The first-order valence-corrected chi connectivity index (χ1v) is 12.2. The zero-order valence-electron chi connectivity index (χ0n) is 16.5. The van der Waals surface area contributed by atoms with Crippen molar-refractivity contribution >= 4 is 14.6 Å². The summed E-state index contributed by atoms with van der Waals surface area (Å²) in [5.74, 6) is -0.860. The number of rotatable bonds is 19. The van der Waals surface area contributed by atoms with Gasteiger partial charge >= 0.3 is 0 Å². The third-order valence-corrected chi connectivity index (χ3v) is 6.67. The lowest BCUT2D eigenvalue weighted by atomic mass is 10.0. The molecule has 0 rings (SSSR count). The van der Waals surface area contributed by atoms with Crippen molar-refractivity contribution in [2.24, 2.45) is 0 Å². The van der Waals surface area contributed by atoms with Crippen molar-refractivity contribution < 1.29 is 9.90 Å².